The van der Waals surface area contributed by atoms with Crippen LogP contribution in [-0.2, 0) is 50.9 Å². The zero-order valence-corrected chi connectivity index (χ0v) is 38.5. The molecule has 1 saturated carbocycles. The molecule has 10 N–H and O–H groups in total. The number of hydrogen-bond acceptors (Lipinski definition) is 15. The maximum absolute atomic E-state index is 12.7. The van der Waals surface area contributed by atoms with Crippen LogP contribution in [0.3, 0.4) is 0 Å². The molecule has 0 aromatic rings. The number of carbonyl (C=O) groups excluding carboxylic acids is 2. The fraction of sp³-hybridized carbons (Fsp3) is 0.744. The minimum atomic E-state index is -5.56. The molecule has 0 aromatic heterocycles. The van der Waals surface area contributed by atoms with Crippen LogP contribution in [0.15, 0.2) is 0 Å². The molecule has 0 aromatic carbocycles. The third-order valence-corrected chi connectivity index (χ3v) is 10.6. The molecule has 1 aliphatic rings. The van der Waals surface area contributed by atoms with Crippen LogP contribution in [-0.4, -0.2) is 120 Å². The Kier molecular flexibility index (Phi) is 33.2. The van der Waals surface area contributed by atoms with Gasteiger partial charge in [0.2, 0.25) is 5.91 Å². The summed E-state index contributed by atoms with van der Waals surface area (Å²) in [4.78, 5) is 70.0. The van der Waals surface area contributed by atoms with E-state index < -0.39 is 92.2 Å². The Morgan fingerprint density at radius 2 is 1.10 bits per heavy atom. The van der Waals surface area contributed by atoms with Gasteiger partial charge in [-0.2, -0.15) is 0 Å². The zero-order valence-electron chi connectivity index (χ0n) is 35.8. The predicted molar refractivity (Wildman–Crippen MR) is 240 cm³/mol. The van der Waals surface area contributed by atoms with Crippen LogP contribution in [0, 0.1) is 47.5 Å². The minimum Gasteiger partial charge on any atom is -0.457 e. The van der Waals surface area contributed by atoms with Crippen molar-refractivity contribution in [2.24, 2.45) is 0 Å². The number of unbranched alkanes of at least 4 members (excludes halogenated alkanes) is 12. The highest BCUT2D eigenvalue weighted by Crippen LogP contribution is 2.51. The van der Waals surface area contributed by atoms with Crippen molar-refractivity contribution in [2.45, 2.75) is 166 Å². The average molecular weight is 974 g/mol. The average Bonchev–Trinajstić information content (AvgIpc) is 3.20. The van der Waals surface area contributed by atoms with Gasteiger partial charge in [0.15, 0.2) is 0 Å². The summed E-state index contributed by atoms with van der Waals surface area (Å²) in [6.07, 6.45) is -0.402. The molecule has 374 valence electrons. The molecule has 0 bridgehead atoms. The summed E-state index contributed by atoms with van der Waals surface area (Å²) < 4.78 is 63.4. The number of esters is 1. The van der Waals surface area contributed by atoms with Crippen molar-refractivity contribution in [1.29, 1.82) is 0 Å². The van der Waals surface area contributed by atoms with E-state index in [1.165, 1.54) is 51.4 Å². The SMILES string of the molecule is CC#CC#CC#CC#CNC(=O)CCC.CCCCCCCCCCCCCCCC(=O)O[C@H](COCO)COP(=O)(O)OC1C(O)[C@H](O)[C@H](OP(=O)(O)O)C(OP(=O)(O)O)[C@@H]1O.[HH].[HH].[HH].[HH].[HH].[HH].[HH]. The van der Waals surface area contributed by atoms with Crippen LogP contribution in [0.25, 0.3) is 0 Å². The highest BCUT2D eigenvalue weighted by Gasteiger charge is 2.56. The number of hydrogen-bond donors (Lipinski definition) is 10. The Hall–Kier alpha value is -2.69. The number of amides is 1. The Labute approximate surface area is 379 Å². The Bertz CT molecular complexity index is 1760. The van der Waals surface area contributed by atoms with Crippen LogP contribution in [0.1, 0.15) is 133 Å². The summed E-state index contributed by atoms with van der Waals surface area (Å²) in [5, 5.41) is 42.6. The predicted octanol–water partition coefficient (Wildman–Crippen LogP) is 4.52. The van der Waals surface area contributed by atoms with Gasteiger partial charge in [-0.1, -0.05) is 96.8 Å². The lowest BCUT2D eigenvalue weighted by Gasteiger charge is -2.44. The van der Waals surface area contributed by atoms with E-state index in [0.717, 1.165) is 32.1 Å². The highest BCUT2D eigenvalue weighted by molar-refractivity contribution is 7.47. The van der Waals surface area contributed by atoms with Gasteiger partial charge in [0.1, 0.15) is 49.5 Å². The highest BCUT2D eigenvalue weighted by atomic mass is 31.2. The molecule has 8 atom stereocenters. The van der Waals surface area contributed by atoms with Gasteiger partial charge in [0.25, 0.3) is 0 Å². The van der Waals surface area contributed by atoms with Crippen LogP contribution < -0.4 is 5.32 Å². The fourth-order valence-corrected chi connectivity index (χ4v) is 7.75. The molecular formula is C39H78NO20P3. The topological polar surface area (TPSA) is 335 Å². The van der Waals surface area contributed by atoms with E-state index >= 15 is 0 Å². The number of nitrogens with one attached hydrogen (secondary N) is 1. The molecule has 1 amide bonds. The number of rotatable bonds is 29. The third-order valence-electron chi connectivity index (χ3n) is 8.57. The Balaban J connectivity index is -0.000000252. The monoisotopic (exact) mass is 973 g/mol. The molecule has 4 unspecified atom stereocenters. The number of aliphatic hydroxyl groups is 4. The van der Waals surface area contributed by atoms with Crippen LogP contribution >= 0.6 is 23.5 Å². The smallest absolute Gasteiger partial charge is 0.457 e. The lowest BCUT2D eigenvalue weighted by atomic mass is 9.85. The van der Waals surface area contributed by atoms with Crippen LogP contribution in [0.2, 0.25) is 0 Å². The van der Waals surface area contributed by atoms with Gasteiger partial charge < -0.3 is 54.4 Å². The zero-order chi connectivity index (χ0) is 47.7. The molecule has 24 heteroatoms. The molecule has 0 aliphatic heterocycles. The van der Waals surface area contributed by atoms with Gasteiger partial charge >= 0.3 is 29.4 Å². The van der Waals surface area contributed by atoms with E-state index in [1.54, 1.807) is 6.92 Å². The Morgan fingerprint density at radius 3 is 1.59 bits per heavy atom. The van der Waals surface area contributed by atoms with Crippen LogP contribution in [0.5, 0.6) is 0 Å². The van der Waals surface area contributed by atoms with Gasteiger partial charge in [-0.3, -0.25) is 33.0 Å². The summed E-state index contributed by atoms with van der Waals surface area (Å²) in [6.45, 7) is 3.68. The van der Waals surface area contributed by atoms with Crippen molar-refractivity contribution in [1.82, 2.24) is 5.32 Å². The first-order valence-corrected chi connectivity index (χ1v) is 25.0. The second-order valence-electron chi connectivity index (χ2n) is 14.0. The quantitative estimate of drug-likeness (QED) is 0.0123. The molecule has 0 saturated heterocycles. The van der Waals surface area contributed by atoms with E-state index in [-0.39, 0.29) is 22.3 Å². The molecule has 0 spiro atoms. The number of ether oxygens (including phenoxy) is 2. The van der Waals surface area contributed by atoms with Crippen molar-refractivity contribution in [3.05, 3.63) is 0 Å². The second-order valence-corrected chi connectivity index (χ2v) is 17.7. The third kappa shape index (κ3) is 31.8. The first kappa shape index (κ1) is 60.3. The summed E-state index contributed by atoms with van der Waals surface area (Å²) in [6, 6.07) is 2.43. The van der Waals surface area contributed by atoms with Crippen LogP contribution in [0.4, 0.5) is 0 Å². The van der Waals surface area contributed by atoms with E-state index in [0.29, 0.717) is 12.8 Å². The van der Waals surface area contributed by atoms with Gasteiger partial charge in [0.05, 0.1) is 13.2 Å². The maximum atomic E-state index is 12.7. The summed E-state index contributed by atoms with van der Waals surface area (Å²) >= 11 is 0. The number of aliphatic hydroxyl groups excluding tert-OH is 4. The molecule has 21 nitrogen and oxygen atoms in total. The fourth-order valence-electron chi connectivity index (χ4n) is 5.66. The first-order valence-electron chi connectivity index (χ1n) is 20.5. The van der Waals surface area contributed by atoms with Crippen molar-refractivity contribution in [2.75, 3.05) is 20.0 Å². The van der Waals surface area contributed by atoms with Crippen molar-refractivity contribution in [3.8, 4) is 47.5 Å². The molecule has 0 radical (unpaired) electrons. The van der Waals surface area contributed by atoms with Gasteiger partial charge in [0, 0.05) is 46.6 Å². The number of carbonyl (C=O) groups is 2. The normalized spacial score (nSPS) is 20.8. The number of phosphoric acid groups is 3. The molecule has 0 heterocycles. The van der Waals surface area contributed by atoms with E-state index in [9.17, 15) is 43.5 Å². The molecule has 1 aliphatic carbocycles. The standard InChI is InChI=1S/C26H53O19P3.C13H11NO.7H2/c1-2-3-4-5-6-7-8-9-10-11-12-13-14-15-20(28)42-19(16-40-18-27)17-41-48(38,39)45-24-21(29)22(30)25(43-46(32,33)34)26(23(24)31)44-47(35,36)37;1-3-5-6-7-8-9-10-12-14-13(15)11-4-2;;;;;;;/h19,21-27,29-31H,2-18H2,1H3,(H,38,39)(H2,32,33,34)(H2,35,36,37);4,11H2,1-2H3,(H,14,15);7*1H/t19-,21?,22+,23-,24?,25+,26?;;;;;;;;/m1......../s1. The lowest BCUT2D eigenvalue weighted by Crippen LogP contribution is -2.65. The minimum absolute atomic E-state index is 0. The second kappa shape index (κ2) is 34.6. The van der Waals surface area contributed by atoms with Crippen molar-refractivity contribution < 1.29 is 106 Å². The summed E-state index contributed by atoms with van der Waals surface area (Å²) in [5.41, 5.74) is 0. The van der Waals surface area contributed by atoms with E-state index in [1.807, 2.05) is 6.92 Å². The molecular weight excluding hydrogens is 895 g/mol. The van der Waals surface area contributed by atoms with Crippen molar-refractivity contribution in [3.63, 3.8) is 0 Å². The first-order chi connectivity index (χ1) is 29.7. The largest absolute Gasteiger partial charge is 0.472 e. The number of phosphoric ester groups is 3. The van der Waals surface area contributed by atoms with E-state index in [2.05, 4.69) is 68.8 Å². The maximum Gasteiger partial charge on any atom is 0.472 e. The lowest BCUT2D eigenvalue weighted by molar-refractivity contribution is -0.213. The molecule has 1 fully saturated rings. The summed E-state index contributed by atoms with van der Waals surface area (Å²) in [7, 11) is -16.4. The summed E-state index contributed by atoms with van der Waals surface area (Å²) in [5.74, 6) is 16.8. The van der Waals surface area contributed by atoms with Gasteiger partial charge in [-0.25, -0.2) is 13.7 Å². The molecule has 1 rings (SSSR count). The van der Waals surface area contributed by atoms with Crippen molar-refractivity contribution >= 4 is 35.3 Å². The van der Waals surface area contributed by atoms with Gasteiger partial charge in [-0.05, 0) is 37.5 Å². The van der Waals surface area contributed by atoms with E-state index in [4.69, 9.17) is 43.2 Å². The Morgan fingerprint density at radius 1 is 0.619 bits per heavy atom. The van der Waals surface area contributed by atoms with Gasteiger partial charge in [-0.15, -0.1) is 0 Å². The molecule has 63 heavy (non-hydrogen) atoms.